The van der Waals surface area contributed by atoms with Crippen LogP contribution in [0.1, 0.15) is 40.0 Å². The average molecular weight is 212 g/mol. The van der Waals surface area contributed by atoms with Crippen LogP contribution in [0.25, 0.3) is 5.73 Å². The van der Waals surface area contributed by atoms with E-state index in [9.17, 15) is 4.79 Å². The first-order chi connectivity index (χ1) is 5.68. The second kappa shape index (κ2) is 15.7. The monoisotopic (exact) mass is 212 g/mol. The SMILES string of the molecule is CC.CC(=O)C([NH-])CCCCN.[K+]. The smallest absolute Gasteiger partial charge is 0.668 e. The minimum Gasteiger partial charge on any atom is -0.668 e. The van der Waals surface area contributed by atoms with Gasteiger partial charge in [0.2, 0.25) is 0 Å². The van der Waals surface area contributed by atoms with Gasteiger partial charge in [0.25, 0.3) is 0 Å². The van der Waals surface area contributed by atoms with Crippen LogP contribution in [0.3, 0.4) is 0 Å². The summed E-state index contributed by atoms with van der Waals surface area (Å²) in [7, 11) is 0. The molecule has 0 aromatic heterocycles. The van der Waals surface area contributed by atoms with Crippen LogP contribution < -0.4 is 57.1 Å². The van der Waals surface area contributed by atoms with Gasteiger partial charge in [0.15, 0.2) is 0 Å². The zero-order chi connectivity index (χ0) is 9.98. The predicted molar refractivity (Wildman–Crippen MR) is 53.0 cm³/mol. The van der Waals surface area contributed by atoms with Gasteiger partial charge in [-0.25, -0.2) is 0 Å². The van der Waals surface area contributed by atoms with Gasteiger partial charge < -0.3 is 16.3 Å². The van der Waals surface area contributed by atoms with Gasteiger partial charge in [0, 0.05) is 0 Å². The van der Waals surface area contributed by atoms with Crippen LogP contribution in [0.4, 0.5) is 0 Å². The summed E-state index contributed by atoms with van der Waals surface area (Å²) >= 11 is 0. The molecule has 0 fully saturated rings. The molecule has 0 spiro atoms. The van der Waals surface area contributed by atoms with Gasteiger partial charge in [-0.05, 0) is 19.9 Å². The molecular formula is C9H21KN2O. The van der Waals surface area contributed by atoms with E-state index in [1.165, 1.54) is 6.92 Å². The van der Waals surface area contributed by atoms with Crippen LogP contribution in [0, 0.1) is 0 Å². The number of Topliss-reactive ketones (excluding diaryl/α,β-unsaturated/α-hetero) is 1. The minimum atomic E-state index is -0.522. The van der Waals surface area contributed by atoms with Gasteiger partial charge in [-0.1, -0.05) is 32.7 Å². The van der Waals surface area contributed by atoms with Crippen LogP contribution in [0.5, 0.6) is 0 Å². The maximum atomic E-state index is 10.5. The van der Waals surface area contributed by atoms with Crippen molar-refractivity contribution in [3.63, 3.8) is 0 Å². The summed E-state index contributed by atoms with van der Waals surface area (Å²) in [6.07, 6.45) is 2.47. The summed E-state index contributed by atoms with van der Waals surface area (Å²) in [5.41, 5.74) is 12.5. The number of carbonyl (C=O) groups is 1. The number of hydrogen-bond donors (Lipinski definition) is 1. The molecular weight excluding hydrogens is 191 g/mol. The first-order valence-electron chi connectivity index (χ1n) is 4.60. The molecule has 0 amide bonds. The van der Waals surface area contributed by atoms with Crippen LogP contribution in [-0.4, -0.2) is 18.4 Å². The molecule has 4 heteroatoms. The summed E-state index contributed by atoms with van der Waals surface area (Å²) < 4.78 is 0. The Kier molecular flexibility index (Phi) is 23.8. The molecule has 0 saturated heterocycles. The van der Waals surface area contributed by atoms with Gasteiger partial charge in [-0.3, -0.25) is 0 Å². The number of carbonyl (C=O) groups excluding carboxylic acids is 1. The van der Waals surface area contributed by atoms with Crippen molar-refractivity contribution < 1.29 is 56.2 Å². The van der Waals surface area contributed by atoms with E-state index in [0.29, 0.717) is 13.0 Å². The third kappa shape index (κ3) is 15.9. The minimum absolute atomic E-state index is 0. The molecule has 0 aromatic rings. The normalized spacial score (nSPS) is 10.5. The molecule has 0 heterocycles. The van der Waals surface area contributed by atoms with Crippen molar-refractivity contribution in [2.75, 3.05) is 6.54 Å². The molecule has 1 unspecified atom stereocenters. The third-order valence-corrected chi connectivity index (χ3v) is 1.44. The molecule has 3 N–H and O–H groups in total. The fraction of sp³-hybridized carbons (Fsp3) is 0.889. The van der Waals surface area contributed by atoms with E-state index in [1.54, 1.807) is 0 Å². The number of hydrogen-bond acceptors (Lipinski definition) is 2. The summed E-state index contributed by atoms with van der Waals surface area (Å²) in [5, 5.41) is 0. The van der Waals surface area contributed by atoms with E-state index in [0.717, 1.165) is 12.8 Å². The molecule has 0 aliphatic heterocycles. The Morgan fingerprint density at radius 1 is 1.38 bits per heavy atom. The van der Waals surface area contributed by atoms with E-state index in [2.05, 4.69) is 0 Å². The van der Waals surface area contributed by atoms with Crippen molar-refractivity contribution in [2.24, 2.45) is 5.73 Å². The fourth-order valence-electron chi connectivity index (χ4n) is 0.696. The van der Waals surface area contributed by atoms with Crippen molar-refractivity contribution in [2.45, 2.75) is 46.1 Å². The average Bonchev–Trinajstić information content (AvgIpc) is 2.08. The fourth-order valence-corrected chi connectivity index (χ4v) is 0.696. The molecule has 74 valence electrons. The van der Waals surface area contributed by atoms with Crippen LogP contribution >= 0.6 is 0 Å². The predicted octanol–water partition coefficient (Wildman–Crippen LogP) is -0.845. The van der Waals surface area contributed by atoms with Crippen LogP contribution in [0.2, 0.25) is 0 Å². The Morgan fingerprint density at radius 3 is 2.15 bits per heavy atom. The first kappa shape index (κ1) is 19.7. The largest absolute Gasteiger partial charge is 1.00 e. The molecule has 1 atom stereocenters. The molecule has 0 bridgehead atoms. The quantitative estimate of drug-likeness (QED) is 0.477. The van der Waals surface area contributed by atoms with E-state index in [-0.39, 0.29) is 57.2 Å². The zero-order valence-electron chi connectivity index (χ0n) is 9.39. The number of unbranched alkanes of at least 4 members (excludes halogenated alkanes) is 1. The van der Waals surface area contributed by atoms with E-state index in [4.69, 9.17) is 11.5 Å². The Hall–Kier alpha value is 1.23. The summed E-state index contributed by atoms with van der Waals surface area (Å²) in [4.78, 5) is 10.5. The Balaban J connectivity index is -0.000000309. The van der Waals surface area contributed by atoms with Crippen molar-refractivity contribution in [1.29, 1.82) is 0 Å². The number of nitrogens with two attached hydrogens (primary N) is 1. The summed E-state index contributed by atoms with van der Waals surface area (Å²) in [6, 6.07) is -0.522. The Bertz CT molecular complexity index is 110. The molecule has 0 aliphatic rings. The number of ketones is 1. The molecule has 0 saturated carbocycles. The topological polar surface area (TPSA) is 66.9 Å². The van der Waals surface area contributed by atoms with Gasteiger partial charge >= 0.3 is 51.4 Å². The second-order valence-corrected chi connectivity index (χ2v) is 2.45. The first-order valence-corrected chi connectivity index (χ1v) is 4.60. The molecule has 0 rings (SSSR count). The van der Waals surface area contributed by atoms with Crippen LogP contribution in [0.15, 0.2) is 0 Å². The van der Waals surface area contributed by atoms with Crippen molar-refractivity contribution >= 4 is 5.78 Å². The molecule has 0 radical (unpaired) electrons. The molecule has 0 aromatic carbocycles. The van der Waals surface area contributed by atoms with Gasteiger partial charge in [0.1, 0.15) is 5.78 Å². The Morgan fingerprint density at radius 2 is 1.85 bits per heavy atom. The standard InChI is InChI=1S/C7H15N2O.C2H6.K/c1-6(10)7(9)4-2-3-5-8;1-2;/h7,9H,2-5,8H2,1H3;1-2H3;/q-1;;+1. The summed E-state index contributed by atoms with van der Waals surface area (Å²) in [6.45, 7) is 6.12. The maximum absolute atomic E-state index is 10.5. The Labute approximate surface area is 124 Å². The van der Waals surface area contributed by atoms with E-state index >= 15 is 0 Å². The van der Waals surface area contributed by atoms with E-state index < -0.39 is 6.04 Å². The van der Waals surface area contributed by atoms with Gasteiger partial charge in [-0.15, -0.1) is 0 Å². The summed E-state index contributed by atoms with van der Waals surface area (Å²) in [5.74, 6) is -0.0444. The van der Waals surface area contributed by atoms with Crippen molar-refractivity contribution in [1.82, 2.24) is 0 Å². The zero-order valence-corrected chi connectivity index (χ0v) is 12.5. The number of nitrogens with one attached hydrogen (secondary N) is 1. The van der Waals surface area contributed by atoms with Crippen molar-refractivity contribution in [3.05, 3.63) is 5.73 Å². The van der Waals surface area contributed by atoms with Crippen molar-refractivity contribution in [3.8, 4) is 0 Å². The van der Waals surface area contributed by atoms with Crippen LogP contribution in [-0.2, 0) is 4.79 Å². The number of rotatable bonds is 5. The maximum Gasteiger partial charge on any atom is 1.00 e. The van der Waals surface area contributed by atoms with Gasteiger partial charge in [0.05, 0.1) is 0 Å². The third-order valence-electron chi connectivity index (χ3n) is 1.44. The molecule has 0 aliphatic carbocycles. The molecule has 13 heavy (non-hydrogen) atoms. The molecule has 3 nitrogen and oxygen atoms in total. The van der Waals surface area contributed by atoms with E-state index in [1.807, 2.05) is 13.8 Å². The van der Waals surface area contributed by atoms with Gasteiger partial charge in [-0.2, -0.15) is 0 Å². The second-order valence-electron chi connectivity index (χ2n) is 2.45.